The van der Waals surface area contributed by atoms with Crippen LogP contribution < -0.4 is 11.1 Å². The van der Waals surface area contributed by atoms with Gasteiger partial charge in [-0.15, -0.1) is 0 Å². The maximum Gasteiger partial charge on any atom is 0.224 e. The zero-order valence-corrected chi connectivity index (χ0v) is 7.55. The molecule has 12 heavy (non-hydrogen) atoms. The molecular weight excluding hydrogens is 154 g/mol. The molecule has 1 rings (SSSR count). The van der Waals surface area contributed by atoms with Crippen LogP contribution in [0.1, 0.15) is 13.3 Å². The highest BCUT2D eigenvalue weighted by molar-refractivity contribution is 5.76. The smallest absolute Gasteiger partial charge is 0.224 e. The highest BCUT2D eigenvalue weighted by atomic mass is 16.2. The molecule has 0 aromatic heterocycles. The highest BCUT2D eigenvalue weighted by Crippen LogP contribution is 1.98. The van der Waals surface area contributed by atoms with Gasteiger partial charge in [-0.05, 0) is 6.92 Å². The van der Waals surface area contributed by atoms with Crippen molar-refractivity contribution in [3.63, 3.8) is 0 Å². The molecule has 1 aliphatic heterocycles. The van der Waals surface area contributed by atoms with Gasteiger partial charge in [-0.1, -0.05) is 0 Å². The van der Waals surface area contributed by atoms with E-state index in [1.807, 2.05) is 11.8 Å². The van der Waals surface area contributed by atoms with Crippen molar-refractivity contribution in [2.24, 2.45) is 5.73 Å². The summed E-state index contributed by atoms with van der Waals surface area (Å²) in [5, 5.41) is 3.20. The van der Waals surface area contributed by atoms with Crippen LogP contribution in [0.5, 0.6) is 0 Å². The Kier molecular flexibility index (Phi) is 3.49. The maximum absolute atomic E-state index is 11.4. The molecule has 1 heterocycles. The molecule has 1 saturated heterocycles. The monoisotopic (exact) mass is 171 g/mol. The number of nitrogens with two attached hydrogens (primary N) is 1. The summed E-state index contributed by atoms with van der Waals surface area (Å²) in [6.45, 7) is 5.33. The van der Waals surface area contributed by atoms with Gasteiger partial charge in [0.2, 0.25) is 5.91 Å². The molecule has 0 aromatic carbocycles. The van der Waals surface area contributed by atoms with Crippen LogP contribution in [0, 0.1) is 0 Å². The quantitative estimate of drug-likeness (QED) is 0.569. The van der Waals surface area contributed by atoms with Crippen molar-refractivity contribution < 1.29 is 4.79 Å². The Balaban J connectivity index is 2.30. The Morgan fingerprint density at radius 2 is 2.17 bits per heavy atom. The molecule has 1 amide bonds. The second-order valence-corrected chi connectivity index (χ2v) is 3.31. The molecule has 1 unspecified atom stereocenters. The first-order valence-corrected chi connectivity index (χ1v) is 4.44. The van der Waals surface area contributed by atoms with Gasteiger partial charge >= 0.3 is 0 Å². The Morgan fingerprint density at radius 3 is 2.67 bits per heavy atom. The number of hydrogen-bond donors (Lipinski definition) is 2. The van der Waals surface area contributed by atoms with Gasteiger partial charge in [-0.2, -0.15) is 0 Å². The van der Waals surface area contributed by atoms with E-state index in [1.165, 1.54) is 0 Å². The first-order valence-electron chi connectivity index (χ1n) is 4.44. The first-order chi connectivity index (χ1) is 5.70. The van der Waals surface area contributed by atoms with Crippen LogP contribution >= 0.6 is 0 Å². The fraction of sp³-hybridized carbons (Fsp3) is 0.875. The Labute approximate surface area is 73.1 Å². The van der Waals surface area contributed by atoms with E-state index < -0.39 is 0 Å². The lowest BCUT2D eigenvalue weighted by atomic mass is 10.2. The van der Waals surface area contributed by atoms with Gasteiger partial charge in [-0.3, -0.25) is 4.79 Å². The maximum atomic E-state index is 11.4. The summed E-state index contributed by atoms with van der Waals surface area (Å²) in [5.41, 5.74) is 5.54. The number of carbonyl (C=O) groups excluding carboxylic acids is 1. The minimum atomic E-state index is -0.0209. The lowest BCUT2D eigenvalue weighted by Gasteiger charge is -2.27. The van der Waals surface area contributed by atoms with Crippen LogP contribution in [-0.4, -0.2) is 43.0 Å². The molecule has 0 radical (unpaired) electrons. The van der Waals surface area contributed by atoms with Crippen molar-refractivity contribution >= 4 is 5.91 Å². The SMILES string of the molecule is CC(N)CC(=O)N1CCNCC1. The van der Waals surface area contributed by atoms with Crippen LogP contribution in [-0.2, 0) is 4.79 Å². The summed E-state index contributed by atoms with van der Waals surface area (Å²) in [6.07, 6.45) is 0.472. The summed E-state index contributed by atoms with van der Waals surface area (Å²) in [5.74, 6) is 0.187. The zero-order chi connectivity index (χ0) is 8.97. The van der Waals surface area contributed by atoms with Gasteiger partial charge in [0.15, 0.2) is 0 Å². The van der Waals surface area contributed by atoms with E-state index in [0.29, 0.717) is 6.42 Å². The van der Waals surface area contributed by atoms with E-state index in [0.717, 1.165) is 26.2 Å². The minimum absolute atomic E-state index is 0.0209. The fourth-order valence-corrected chi connectivity index (χ4v) is 1.32. The van der Waals surface area contributed by atoms with Crippen molar-refractivity contribution in [2.45, 2.75) is 19.4 Å². The van der Waals surface area contributed by atoms with Gasteiger partial charge in [0.05, 0.1) is 0 Å². The van der Waals surface area contributed by atoms with E-state index in [-0.39, 0.29) is 11.9 Å². The molecule has 0 bridgehead atoms. The number of amides is 1. The average molecular weight is 171 g/mol. The van der Waals surface area contributed by atoms with E-state index in [4.69, 9.17) is 5.73 Å². The standard InChI is InChI=1S/C8H17N3O/c1-7(9)6-8(12)11-4-2-10-3-5-11/h7,10H,2-6,9H2,1H3. The molecule has 0 spiro atoms. The number of rotatable bonds is 2. The van der Waals surface area contributed by atoms with Crippen molar-refractivity contribution in [2.75, 3.05) is 26.2 Å². The molecule has 0 saturated carbocycles. The van der Waals surface area contributed by atoms with E-state index >= 15 is 0 Å². The number of nitrogens with zero attached hydrogens (tertiary/aromatic N) is 1. The second kappa shape index (κ2) is 4.42. The summed E-state index contributed by atoms with van der Waals surface area (Å²) >= 11 is 0. The molecule has 1 fully saturated rings. The first kappa shape index (κ1) is 9.48. The van der Waals surface area contributed by atoms with E-state index in [1.54, 1.807) is 0 Å². The van der Waals surface area contributed by atoms with Gasteiger partial charge in [0.25, 0.3) is 0 Å². The molecule has 4 nitrogen and oxygen atoms in total. The van der Waals surface area contributed by atoms with Gasteiger partial charge in [0, 0.05) is 38.6 Å². The predicted octanol–water partition coefficient (Wildman–Crippen LogP) is -0.844. The highest BCUT2D eigenvalue weighted by Gasteiger charge is 2.16. The van der Waals surface area contributed by atoms with Crippen molar-refractivity contribution in [1.29, 1.82) is 0 Å². The van der Waals surface area contributed by atoms with Gasteiger partial charge < -0.3 is 16.0 Å². The second-order valence-electron chi connectivity index (χ2n) is 3.31. The number of piperazine rings is 1. The predicted molar refractivity (Wildman–Crippen MR) is 47.7 cm³/mol. The van der Waals surface area contributed by atoms with E-state index in [2.05, 4.69) is 5.32 Å². The lowest BCUT2D eigenvalue weighted by Crippen LogP contribution is -2.47. The van der Waals surface area contributed by atoms with Crippen molar-refractivity contribution in [3.05, 3.63) is 0 Å². The fourth-order valence-electron chi connectivity index (χ4n) is 1.32. The van der Waals surface area contributed by atoms with Crippen molar-refractivity contribution in [3.8, 4) is 0 Å². The molecule has 1 aliphatic rings. The molecule has 3 N–H and O–H groups in total. The summed E-state index contributed by atoms with van der Waals surface area (Å²) < 4.78 is 0. The Hall–Kier alpha value is -0.610. The lowest BCUT2D eigenvalue weighted by molar-refractivity contribution is -0.132. The zero-order valence-electron chi connectivity index (χ0n) is 7.55. The summed E-state index contributed by atoms with van der Waals surface area (Å²) in [6, 6.07) is -0.0209. The molecule has 0 aliphatic carbocycles. The molecular formula is C8H17N3O. The number of hydrogen-bond acceptors (Lipinski definition) is 3. The average Bonchev–Trinajstić information content (AvgIpc) is 2.05. The van der Waals surface area contributed by atoms with Gasteiger partial charge in [-0.25, -0.2) is 0 Å². The molecule has 1 atom stereocenters. The van der Waals surface area contributed by atoms with Crippen molar-refractivity contribution in [1.82, 2.24) is 10.2 Å². The van der Waals surface area contributed by atoms with Gasteiger partial charge in [0.1, 0.15) is 0 Å². The Bertz CT molecular complexity index is 152. The molecule has 0 aromatic rings. The largest absolute Gasteiger partial charge is 0.340 e. The third-order valence-electron chi connectivity index (χ3n) is 1.97. The van der Waals surface area contributed by atoms with Crippen LogP contribution in [0.25, 0.3) is 0 Å². The minimum Gasteiger partial charge on any atom is -0.340 e. The normalized spacial score (nSPS) is 20.7. The third-order valence-corrected chi connectivity index (χ3v) is 1.97. The van der Waals surface area contributed by atoms with Crippen LogP contribution in [0.15, 0.2) is 0 Å². The van der Waals surface area contributed by atoms with Crippen LogP contribution in [0.2, 0.25) is 0 Å². The third kappa shape index (κ3) is 2.79. The molecule has 4 heteroatoms. The van der Waals surface area contributed by atoms with Crippen LogP contribution in [0.3, 0.4) is 0 Å². The molecule has 70 valence electrons. The number of carbonyl (C=O) groups is 1. The Morgan fingerprint density at radius 1 is 1.58 bits per heavy atom. The summed E-state index contributed by atoms with van der Waals surface area (Å²) in [7, 11) is 0. The number of nitrogens with one attached hydrogen (secondary N) is 1. The topological polar surface area (TPSA) is 58.4 Å². The summed E-state index contributed by atoms with van der Waals surface area (Å²) in [4.78, 5) is 13.3. The van der Waals surface area contributed by atoms with E-state index in [9.17, 15) is 4.79 Å². The van der Waals surface area contributed by atoms with Crippen LogP contribution in [0.4, 0.5) is 0 Å².